The van der Waals surface area contributed by atoms with Crippen LogP contribution >= 0.6 is 0 Å². The Hall–Kier alpha value is -3.22. The van der Waals surface area contributed by atoms with E-state index in [1.165, 1.54) is 5.69 Å². The molecular formula is C19H20N6O. The van der Waals surface area contributed by atoms with Crippen LogP contribution in [0.3, 0.4) is 0 Å². The zero-order valence-electron chi connectivity index (χ0n) is 14.6. The van der Waals surface area contributed by atoms with E-state index < -0.39 is 0 Å². The Morgan fingerprint density at radius 2 is 1.58 bits per heavy atom. The first-order valence-corrected chi connectivity index (χ1v) is 8.67. The molecule has 0 unspecified atom stereocenters. The molecule has 0 atom stereocenters. The highest BCUT2D eigenvalue weighted by molar-refractivity contribution is 5.94. The number of aromatic nitrogens is 4. The number of carbonyl (C=O) groups is 1. The van der Waals surface area contributed by atoms with Gasteiger partial charge in [-0.2, -0.15) is 4.68 Å². The molecule has 3 aromatic rings. The van der Waals surface area contributed by atoms with Gasteiger partial charge in [0.25, 0.3) is 5.91 Å². The van der Waals surface area contributed by atoms with Gasteiger partial charge in [0.1, 0.15) is 0 Å². The Kier molecular flexibility index (Phi) is 4.35. The molecule has 0 spiro atoms. The number of hydrogen-bond acceptors (Lipinski definition) is 5. The number of anilines is 1. The van der Waals surface area contributed by atoms with Gasteiger partial charge < -0.3 is 9.80 Å². The Morgan fingerprint density at radius 3 is 2.19 bits per heavy atom. The summed E-state index contributed by atoms with van der Waals surface area (Å²) in [6, 6.07) is 17.7. The molecule has 0 N–H and O–H groups in total. The fourth-order valence-corrected chi connectivity index (χ4v) is 3.20. The van der Waals surface area contributed by atoms with Crippen LogP contribution in [0, 0.1) is 6.92 Å². The average Bonchev–Trinajstić information content (AvgIpc) is 3.14. The van der Waals surface area contributed by atoms with Crippen LogP contribution < -0.4 is 4.90 Å². The van der Waals surface area contributed by atoms with Crippen LogP contribution in [0.15, 0.2) is 54.6 Å². The summed E-state index contributed by atoms with van der Waals surface area (Å²) < 4.78 is 1.65. The maximum atomic E-state index is 12.8. The molecule has 0 aliphatic carbocycles. The summed E-state index contributed by atoms with van der Waals surface area (Å²) in [5.41, 5.74) is 2.74. The topological polar surface area (TPSA) is 67.2 Å². The number of benzene rings is 2. The average molecular weight is 348 g/mol. The zero-order chi connectivity index (χ0) is 17.9. The first-order chi connectivity index (χ1) is 12.7. The van der Waals surface area contributed by atoms with E-state index in [0.29, 0.717) is 11.4 Å². The van der Waals surface area contributed by atoms with Crippen molar-refractivity contribution in [1.29, 1.82) is 0 Å². The monoisotopic (exact) mass is 348 g/mol. The summed E-state index contributed by atoms with van der Waals surface area (Å²) in [5, 5.41) is 11.5. The molecule has 1 aromatic heterocycles. The van der Waals surface area contributed by atoms with Gasteiger partial charge in [-0.05, 0) is 53.7 Å². The smallest absolute Gasteiger partial charge is 0.253 e. The second-order valence-corrected chi connectivity index (χ2v) is 6.30. The van der Waals surface area contributed by atoms with Gasteiger partial charge in [0.2, 0.25) is 0 Å². The first kappa shape index (κ1) is 16.3. The number of aryl methyl sites for hydroxylation is 1. The molecule has 1 amide bonds. The number of piperazine rings is 1. The van der Waals surface area contributed by atoms with Crippen molar-refractivity contribution in [2.24, 2.45) is 0 Å². The number of rotatable bonds is 3. The van der Waals surface area contributed by atoms with Crippen LogP contribution in [0.4, 0.5) is 5.69 Å². The van der Waals surface area contributed by atoms with Crippen molar-refractivity contribution in [3.05, 3.63) is 66.0 Å². The molecule has 132 valence electrons. The van der Waals surface area contributed by atoms with E-state index in [2.05, 4.69) is 32.6 Å². The summed E-state index contributed by atoms with van der Waals surface area (Å²) in [5.74, 6) is 0.777. The van der Waals surface area contributed by atoms with Gasteiger partial charge in [-0.25, -0.2) is 0 Å². The van der Waals surface area contributed by atoms with Crippen LogP contribution in [0.25, 0.3) is 5.69 Å². The minimum absolute atomic E-state index is 0.0673. The SMILES string of the molecule is Cc1nnnn1-c1ccc(C(=O)N2CCN(c3ccccc3)CC2)cc1. The predicted molar refractivity (Wildman–Crippen MR) is 98.4 cm³/mol. The number of tetrazole rings is 1. The normalized spacial score (nSPS) is 14.5. The van der Waals surface area contributed by atoms with Crippen molar-refractivity contribution in [3.8, 4) is 5.69 Å². The van der Waals surface area contributed by atoms with E-state index in [1.54, 1.807) is 4.68 Å². The van der Waals surface area contributed by atoms with Gasteiger partial charge in [-0.15, -0.1) is 5.10 Å². The highest BCUT2D eigenvalue weighted by Crippen LogP contribution is 2.17. The Labute approximate surface area is 151 Å². The van der Waals surface area contributed by atoms with Gasteiger partial charge >= 0.3 is 0 Å². The summed E-state index contributed by atoms with van der Waals surface area (Å²) in [6.45, 7) is 4.98. The molecule has 0 bridgehead atoms. The van der Waals surface area contributed by atoms with Gasteiger partial charge in [-0.3, -0.25) is 4.79 Å². The van der Waals surface area contributed by atoms with Crippen molar-refractivity contribution in [3.63, 3.8) is 0 Å². The summed E-state index contributed by atoms with van der Waals surface area (Å²) >= 11 is 0. The summed E-state index contributed by atoms with van der Waals surface area (Å²) in [4.78, 5) is 17.0. The van der Waals surface area contributed by atoms with Crippen molar-refractivity contribution < 1.29 is 4.79 Å². The fraction of sp³-hybridized carbons (Fsp3) is 0.263. The fourth-order valence-electron chi connectivity index (χ4n) is 3.20. The molecule has 0 radical (unpaired) electrons. The van der Waals surface area contributed by atoms with E-state index in [1.807, 2.05) is 54.3 Å². The van der Waals surface area contributed by atoms with E-state index in [4.69, 9.17) is 0 Å². The molecule has 7 nitrogen and oxygen atoms in total. The van der Waals surface area contributed by atoms with E-state index >= 15 is 0 Å². The number of carbonyl (C=O) groups excluding carboxylic acids is 1. The van der Waals surface area contributed by atoms with Crippen molar-refractivity contribution in [2.45, 2.75) is 6.92 Å². The van der Waals surface area contributed by atoms with Gasteiger partial charge in [0, 0.05) is 37.4 Å². The second kappa shape index (κ2) is 6.95. The molecule has 1 fully saturated rings. The maximum absolute atomic E-state index is 12.8. The van der Waals surface area contributed by atoms with E-state index in [0.717, 1.165) is 31.9 Å². The summed E-state index contributed by atoms with van der Waals surface area (Å²) in [7, 11) is 0. The molecule has 26 heavy (non-hydrogen) atoms. The lowest BCUT2D eigenvalue weighted by Crippen LogP contribution is -2.48. The molecule has 1 aliphatic rings. The van der Waals surface area contributed by atoms with E-state index in [9.17, 15) is 4.79 Å². The predicted octanol–water partition coefficient (Wildman–Crippen LogP) is 1.93. The Bertz CT molecular complexity index is 882. The third kappa shape index (κ3) is 3.15. The molecule has 7 heteroatoms. The van der Waals surface area contributed by atoms with Gasteiger partial charge in [-0.1, -0.05) is 18.2 Å². The second-order valence-electron chi connectivity index (χ2n) is 6.30. The third-order valence-corrected chi connectivity index (χ3v) is 4.67. The lowest BCUT2D eigenvalue weighted by Gasteiger charge is -2.36. The minimum atomic E-state index is 0.0673. The summed E-state index contributed by atoms with van der Waals surface area (Å²) in [6.07, 6.45) is 0. The molecule has 4 rings (SSSR count). The molecule has 1 saturated heterocycles. The van der Waals surface area contributed by atoms with Crippen molar-refractivity contribution >= 4 is 11.6 Å². The Balaban J connectivity index is 1.41. The number of para-hydroxylation sites is 1. The molecular weight excluding hydrogens is 328 g/mol. The molecule has 2 aromatic carbocycles. The number of hydrogen-bond donors (Lipinski definition) is 0. The Morgan fingerprint density at radius 1 is 0.885 bits per heavy atom. The largest absolute Gasteiger partial charge is 0.368 e. The van der Waals surface area contributed by atoms with Crippen LogP contribution in [-0.4, -0.2) is 57.2 Å². The number of nitrogens with zero attached hydrogens (tertiary/aromatic N) is 6. The number of amides is 1. The molecule has 1 aliphatic heterocycles. The standard InChI is InChI=1S/C19H20N6O/c1-15-20-21-22-25(15)18-9-7-16(8-10-18)19(26)24-13-11-23(12-14-24)17-5-3-2-4-6-17/h2-10H,11-14H2,1H3. The quantitative estimate of drug-likeness (QED) is 0.724. The highest BCUT2D eigenvalue weighted by atomic mass is 16.2. The van der Waals surface area contributed by atoms with Crippen molar-refractivity contribution in [2.75, 3.05) is 31.1 Å². The van der Waals surface area contributed by atoms with Crippen LogP contribution in [0.2, 0.25) is 0 Å². The molecule has 2 heterocycles. The zero-order valence-corrected chi connectivity index (χ0v) is 14.6. The van der Waals surface area contributed by atoms with Crippen molar-refractivity contribution in [1.82, 2.24) is 25.1 Å². The van der Waals surface area contributed by atoms with Crippen LogP contribution in [-0.2, 0) is 0 Å². The lowest BCUT2D eigenvalue weighted by molar-refractivity contribution is 0.0747. The van der Waals surface area contributed by atoms with Crippen LogP contribution in [0.1, 0.15) is 16.2 Å². The van der Waals surface area contributed by atoms with Gasteiger partial charge in [0.05, 0.1) is 5.69 Å². The third-order valence-electron chi connectivity index (χ3n) is 4.67. The van der Waals surface area contributed by atoms with Crippen LogP contribution in [0.5, 0.6) is 0 Å². The maximum Gasteiger partial charge on any atom is 0.253 e. The van der Waals surface area contributed by atoms with Gasteiger partial charge in [0.15, 0.2) is 5.82 Å². The van der Waals surface area contributed by atoms with E-state index in [-0.39, 0.29) is 5.91 Å². The lowest BCUT2D eigenvalue weighted by atomic mass is 10.1. The minimum Gasteiger partial charge on any atom is -0.368 e. The first-order valence-electron chi connectivity index (χ1n) is 8.67. The highest BCUT2D eigenvalue weighted by Gasteiger charge is 2.22. The molecule has 0 saturated carbocycles.